The summed E-state index contributed by atoms with van der Waals surface area (Å²) in [4.78, 5) is 0. The van der Waals surface area contributed by atoms with Crippen LogP contribution in [0.4, 0.5) is 0 Å². The van der Waals surface area contributed by atoms with Gasteiger partial charge >= 0.3 is 257 Å². The molecule has 0 aliphatic heterocycles. The molecule has 32 valence electrons. The van der Waals surface area contributed by atoms with Crippen molar-refractivity contribution in [1.29, 1.82) is 0 Å². The van der Waals surface area contributed by atoms with Gasteiger partial charge in [0.1, 0.15) is 0 Å². The molecule has 0 amide bonds. The van der Waals surface area contributed by atoms with Crippen LogP contribution in [0.1, 0.15) is 0 Å². The van der Waals surface area contributed by atoms with Crippen molar-refractivity contribution < 1.29 is 270 Å². The number of rotatable bonds is 0. The minimum Gasteiger partial charge on any atom is -0.780 e. The van der Waals surface area contributed by atoms with Gasteiger partial charge in [-0.25, -0.2) is 0 Å². The van der Waals surface area contributed by atoms with Crippen LogP contribution in [0.15, 0.2) is 0 Å². The summed E-state index contributed by atoms with van der Waals surface area (Å²) in [6.45, 7) is 0. The fraction of sp³-hybridized carbons (Fsp3) is 0. The molecule has 0 aliphatic rings. The van der Waals surface area contributed by atoms with Gasteiger partial charge in [-0.1, -0.05) is 0 Å². The standard InChI is InChI=1S/5K.H2O3S2/c;;;;;1-5(2,3)4/h;;;;;(H2,1,2,3,4)/q5*+1;/p-2. The first kappa shape index (κ1) is 36.3. The SMILES string of the molecule is O=S([O-])([O-])=S.[K+].[K+].[K+].[K+].[K+]. The molecule has 0 bridgehead atoms. The van der Waals surface area contributed by atoms with E-state index in [0.29, 0.717) is 0 Å². The fourth-order valence-corrected chi connectivity index (χ4v) is 0. The molecule has 0 aromatic heterocycles. The van der Waals surface area contributed by atoms with E-state index in [1.807, 2.05) is 0 Å². The zero-order valence-electron chi connectivity index (χ0n) is 7.04. The van der Waals surface area contributed by atoms with E-state index in [1.165, 1.54) is 0 Å². The van der Waals surface area contributed by atoms with Gasteiger partial charge in [0.2, 0.25) is 0 Å². The molecule has 0 unspecified atom stereocenters. The molecule has 0 saturated heterocycles. The molecule has 0 saturated carbocycles. The zero-order chi connectivity index (χ0) is 4.50. The summed E-state index contributed by atoms with van der Waals surface area (Å²) in [5.74, 6) is 0. The predicted octanol–water partition coefficient (Wildman–Crippen LogP) is -16.0. The summed E-state index contributed by atoms with van der Waals surface area (Å²) < 4.78 is 26.7. The third kappa shape index (κ3) is 54.9. The van der Waals surface area contributed by atoms with Crippen LogP contribution in [0.2, 0.25) is 0 Å². The van der Waals surface area contributed by atoms with Crippen LogP contribution in [0.25, 0.3) is 0 Å². The first-order valence-electron chi connectivity index (χ1n) is 0.667. The van der Waals surface area contributed by atoms with Gasteiger partial charge in [0.15, 0.2) is 0 Å². The normalized spacial score (nSPS) is 5.80. The summed E-state index contributed by atoms with van der Waals surface area (Å²) in [6.07, 6.45) is 0. The van der Waals surface area contributed by atoms with Gasteiger partial charge in [0.25, 0.3) is 0 Å². The Morgan fingerprint density at radius 1 is 0.900 bits per heavy atom. The molecule has 0 heterocycles. The van der Waals surface area contributed by atoms with Crippen molar-refractivity contribution in [2.24, 2.45) is 0 Å². The summed E-state index contributed by atoms with van der Waals surface area (Å²) >= 11 is 3.24. The van der Waals surface area contributed by atoms with Crippen LogP contribution in [-0.2, 0) is 20.2 Å². The average molecular weight is 308 g/mol. The van der Waals surface area contributed by atoms with Gasteiger partial charge in [-0.2, -0.15) is 0 Å². The molecular formula is K5O3S2+3. The fourth-order valence-electron chi connectivity index (χ4n) is 0. The van der Waals surface area contributed by atoms with E-state index in [2.05, 4.69) is 11.2 Å². The van der Waals surface area contributed by atoms with E-state index in [9.17, 15) is 0 Å². The van der Waals surface area contributed by atoms with E-state index >= 15 is 0 Å². The predicted molar refractivity (Wildman–Crippen MR) is 17.1 cm³/mol. The first-order chi connectivity index (χ1) is 2.00. The largest absolute Gasteiger partial charge is 1.00 e. The Labute approximate surface area is 279 Å². The summed E-state index contributed by atoms with van der Waals surface area (Å²) in [5.41, 5.74) is 0. The van der Waals surface area contributed by atoms with Gasteiger partial charge in [-0.05, 0) is 11.2 Å². The monoisotopic (exact) mass is 307 g/mol. The molecule has 10 heavy (non-hydrogen) atoms. The van der Waals surface area contributed by atoms with Crippen LogP contribution >= 0.6 is 0 Å². The summed E-state index contributed by atoms with van der Waals surface area (Å²) in [5, 5.41) is 0. The third-order valence-corrected chi connectivity index (χ3v) is 0. The van der Waals surface area contributed by atoms with Crippen LogP contribution in [-0.4, -0.2) is 13.3 Å². The van der Waals surface area contributed by atoms with Gasteiger partial charge < -0.3 is 9.11 Å². The first-order valence-corrected chi connectivity index (χ1v) is 3.00. The second-order valence-electron chi connectivity index (χ2n) is 0.408. The molecule has 10 heteroatoms. The van der Waals surface area contributed by atoms with Crippen LogP contribution < -0.4 is 257 Å². The Hall–Kier alpha value is 8.47. The topological polar surface area (TPSA) is 63.2 Å². The van der Waals surface area contributed by atoms with Gasteiger partial charge in [-0.15, -0.1) is 9.05 Å². The Morgan fingerprint density at radius 2 is 0.900 bits per heavy atom. The molecule has 0 aromatic rings. The molecular weight excluding hydrogens is 308 g/mol. The van der Waals surface area contributed by atoms with E-state index in [1.54, 1.807) is 0 Å². The third-order valence-electron chi connectivity index (χ3n) is 0. The number of hydrogen-bond acceptors (Lipinski definition) is 4. The van der Waals surface area contributed by atoms with Crippen molar-refractivity contribution in [1.82, 2.24) is 0 Å². The number of hydrogen-bond donors (Lipinski definition) is 0. The molecule has 3 nitrogen and oxygen atoms in total. The van der Waals surface area contributed by atoms with Crippen molar-refractivity contribution in [2.75, 3.05) is 0 Å². The van der Waals surface area contributed by atoms with Crippen molar-refractivity contribution in [3.63, 3.8) is 0 Å². The van der Waals surface area contributed by atoms with Gasteiger partial charge in [0, 0.05) is 0 Å². The van der Waals surface area contributed by atoms with E-state index in [-0.39, 0.29) is 257 Å². The molecule has 0 N–H and O–H groups in total. The Kier molecular flexibility index (Phi) is 82.1. The Morgan fingerprint density at radius 3 is 0.900 bits per heavy atom. The zero-order valence-corrected chi connectivity index (χ0v) is 24.3. The van der Waals surface area contributed by atoms with Crippen molar-refractivity contribution in [3.8, 4) is 0 Å². The summed E-state index contributed by atoms with van der Waals surface area (Å²) in [7, 11) is -4.33. The Bertz CT molecular complexity index is 98.1. The molecule has 0 aliphatic carbocycles. The van der Waals surface area contributed by atoms with Gasteiger partial charge in [-0.3, -0.25) is 4.21 Å². The Balaban J connectivity index is -0.00000000800. The molecule has 0 spiro atoms. The summed E-state index contributed by atoms with van der Waals surface area (Å²) in [6, 6.07) is 0. The van der Waals surface area contributed by atoms with Crippen molar-refractivity contribution in [2.45, 2.75) is 0 Å². The average Bonchev–Trinajstić information content (AvgIpc) is 0.722. The second-order valence-corrected chi connectivity index (χ2v) is 2.45. The molecule has 0 aromatic carbocycles. The van der Waals surface area contributed by atoms with Crippen LogP contribution in [0.5, 0.6) is 0 Å². The quantitative estimate of drug-likeness (QED) is 0.417. The molecule has 0 radical (unpaired) electrons. The maximum atomic E-state index is 8.89. The maximum Gasteiger partial charge on any atom is 1.00 e. The van der Waals surface area contributed by atoms with Crippen LogP contribution in [0.3, 0.4) is 0 Å². The molecule has 0 rings (SSSR count). The van der Waals surface area contributed by atoms with Crippen LogP contribution in [0, 0.1) is 0 Å². The van der Waals surface area contributed by atoms with E-state index in [4.69, 9.17) is 13.3 Å². The minimum atomic E-state index is -4.33. The van der Waals surface area contributed by atoms with E-state index in [0.717, 1.165) is 0 Å². The molecule has 0 fully saturated rings. The maximum absolute atomic E-state index is 8.89. The van der Waals surface area contributed by atoms with Crippen molar-refractivity contribution in [3.05, 3.63) is 0 Å². The second kappa shape index (κ2) is 22.6. The van der Waals surface area contributed by atoms with Gasteiger partial charge in [0.05, 0.1) is 0 Å². The molecule has 0 atom stereocenters. The smallest absolute Gasteiger partial charge is 0.780 e. The van der Waals surface area contributed by atoms with E-state index < -0.39 is 9.05 Å². The minimum absolute atomic E-state index is 0. The van der Waals surface area contributed by atoms with Crippen molar-refractivity contribution >= 4 is 20.2 Å².